The Bertz CT molecular complexity index is 519. The number of carbonyl (C=O) groups is 1. The van der Waals surface area contributed by atoms with Crippen molar-refractivity contribution in [1.29, 1.82) is 0 Å². The molecule has 1 rings (SSSR count). The van der Waals surface area contributed by atoms with Gasteiger partial charge in [0.2, 0.25) is 0 Å². The average molecular weight is 258 g/mol. The third kappa shape index (κ3) is 3.28. The first kappa shape index (κ1) is 13.7. The summed E-state index contributed by atoms with van der Waals surface area (Å²) in [5.41, 5.74) is 0.285. The lowest BCUT2D eigenvalue weighted by molar-refractivity contribution is 0.0848. The zero-order chi connectivity index (χ0) is 13.1. The smallest absolute Gasteiger partial charge is 0.188 e. The highest BCUT2D eigenvalue weighted by Gasteiger charge is 2.17. The van der Waals surface area contributed by atoms with Gasteiger partial charge in [0.15, 0.2) is 15.6 Å². The Labute approximate surface area is 100 Å². The van der Waals surface area contributed by atoms with E-state index in [0.29, 0.717) is 0 Å². The first-order valence-electron chi connectivity index (χ1n) is 4.80. The van der Waals surface area contributed by atoms with Crippen LogP contribution >= 0.6 is 0 Å². The quantitative estimate of drug-likeness (QED) is 0.735. The lowest BCUT2D eigenvalue weighted by Crippen LogP contribution is -2.09. The van der Waals surface area contributed by atoms with Crippen molar-refractivity contribution in [3.05, 3.63) is 23.8 Å². The first-order valence-corrected chi connectivity index (χ1v) is 6.69. The molecule has 0 unspecified atom stereocenters. The molecule has 0 amide bonds. The number of ether oxygens (including phenoxy) is 2. The normalized spacial score (nSPS) is 11.2. The zero-order valence-electron chi connectivity index (χ0n) is 9.89. The maximum Gasteiger partial charge on any atom is 0.188 e. The molecule has 94 valence electrons. The molecule has 0 aromatic heterocycles. The Morgan fingerprint density at radius 2 is 1.94 bits per heavy atom. The second-order valence-electron chi connectivity index (χ2n) is 3.49. The predicted molar refractivity (Wildman–Crippen MR) is 62.3 cm³/mol. The van der Waals surface area contributed by atoms with Crippen molar-refractivity contribution in [3.8, 4) is 5.75 Å². The van der Waals surface area contributed by atoms with Crippen LogP contribution in [0.5, 0.6) is 5.75 Å². The van der Waals surface area contributed by atoms with Crippen molar-refractivity contribution in [1.82, 2.24) is 0 Å². The molecule has 0 radical (unpaired) electrons. The van der Waals surface area contributed by atoms with Gasteiger partial charge in [-0.25, -0.2) is 8.42 Å². The lowest BCUT2D eigenvalue weighted by atomic mass is 10.1. The Morgan fingerprint density at radius 3 is 2.41 bits per heavy atom. The number of hydrogen-bond acceptors (Lipinski definition) is 5. The fourth-order valence-corrected chi connectivity index (χ4v) is 2.21. The highest BCUT2D eigenvalue weighted by atomic mass is 32.2. The van der Waals surface area contributed by atoms with Gasteiger partial charge in [0.1, 0.15) is 17.3 Å². The van der Waals surface area contributed by atoms with E-state index in [9.17, 15) is 13.2 Å². The van der Waals surface area contributed by atoms with Crippen LogP contribution in [0.25, 0.3) is 0 Å². The summed E-state index contributed by atoms with van der Waals surface area (Å²) in [4.78, 5) is 11.6. The molecule has 0 aliphatic heterocycles. The summed E-state index contributed by atoms with van der Waals surface area (Å²) in [6, 6.07) is 4.27. The first-order chi connectivity index (χ1) is 7.90. The number of rotatable bonds is 5. The van der Waals surface area contributed by atoms with E-state index in [2.05, 4.69) is 0 Å². The molecule has 0 fully saturated rings. The van der Waals surface area contributed by atoms with Gasteiger partial charge in [-0.3, -0.25) is 4.79 Å². The Balaban J connectivity index is 3.28. The summed E-state index contributed by atoms with van der Waals surface area (Å²) in [5, 5.41) is 0. The van der Waals surface area contributed by atoms with Gasteiger partial charge in [0.05, 0.1) is 7.11 Å². The molecule has 0 heterocycles. The van der Waals surface area contributed by atoms with Crippen LogP contribution < -0.4 is 4.74 Å². The van der Waals surface area contributed by atoms with Crippen LogP contribution in [0.2, 0.25) is 0 Å². The van der Waals surface area contributed by atoms with Gasteiger partial charge in [-0.1, -0.05) is 0 Å². The fraction of sp³-hybridized carbons (Fsp3) is 0.364. The molecule has 0 saturated heterocycles. The molecule has 17 heavy (non-hydrogen) atoms. The summed E-state index contributed by atoms with van der Waals surface area (Å²) in [6.07, 6.45) is 1.06. The third-order valence-electron chi connectivity index (χ3n) is 2.16. The standard InChI is InChI=1S/C11H14O5S/c1-15-7-9(12)8-4-5-10(16-2)11(6-8)17(3,13)14/h4-6H,7H2,1-3H3. The molecule has 0 aliphatic carbocycles. The number of methoxy groups -OCH3 is 2. The molecule has 0 N–H and O–H groups in total. The number of carbonyl (C=O) groups excluding carboxylic acids is 1. The summed E-state index contributed by atoms with van der Waals surface area (Å²) in [7, 11) is -0.657. The summed E-state index contributed by atoms with van der Waals surface area (Å²) in [5.74, 6) is -0.0541. The Morgan fingerprint density at radius 1 is 1.29 bits per heavy atom. The maximum absolute atomic E-state index is 11.6. The maximum atomic E-state index is 11.6. The molecule has 0 saturated carbocycles. The lowest BCUT2D eigenvalue weighted by Gasteiger charge is -2.08. The largest absolute Gasteiger partial charge is 0.495 e. The van der Waals surface area contributed by atoms with Crippen LogP contribution in [-0.4, -0.2) is 41.3 Å². The second kappa shape index (κ2) is 5.29. The van der Waals surface area contributed by atoms with Gasteiger partial charge in [-0.05, 0) is 18.2 Å². The van der Waals surface area contributed by atoms with Crippen LogP contribution in [0.1, 0.15) is 10.4 Å². The molecule has 6 heteroatoms. The molecular weight excluding hydrogens is 244 g/mol. The van der Waals surface area contributed by atoms with Crippen LogP contribution in [0, 0.1) is 0 Å². The Kier molecular flexibility index (Phi) is 4.25. The van der Waals surface area contributed by atoms with Crippen molar-refractivity contribution in [2.24, 2.45) is 0 Å². The minimum Gasteiger partial charge on any atom is -0.495 e. The van der Waals surface area contributed by atoms with E-state index in [1.807, 2.05) is 0 Å². The van der Waals surface area contributed by atoms with E-state index in [4.69, 9.17) is 9.47 Å². The summed E-state index contributed by atoms with van der Waals surface area (Å²) >= 11 is 0. The molecule has 1 aromatic rings. The van der Waals surface area contributed by atoms with E-state index >= 15 is 0 Å². The van der Waals surface area contributed by atoms with Crippen molar-refractivity contribution in [2.75, 3.05) is 27.1 Å². The highest BCUT2D eigenvalue weighted by molar-refractivity contribution is 7.90. The van der Waals surface area contributed by atoms with E-state index < -0.39 is 9.84 Å². The number of hydrogen-bond donors (Lipinski definition) is 0. The van der Waals surface area contributed by atoms with Gasteiger partial charge in [0, 0.05) is 18.9 Å². The number of sulfone groups is 1. The van der Waals surface area contributed by atoms with Gasteiger partial charge < -0.3 is 9.47 Å². The van der Waals surface area contributed by atoms with Gasteiger partial charge in [0.25, 0.3) is 0 Å². The number of ketones is 1. The van der Waals surface area contributed by atoms with Crippen LogP contribution in [0.15, 0.2) is 23.1 Å². The van der Waals surface area contributed by atoms with Crippen LogP contribution in [0.4, 0.5) is 0 Å². The SMILES string of the molecule is COCC(=O)c1ccc(OC)c(S(C)(=O)=O)c1. The topological polar surface area (TPSA) is 69.7 Å². The van der Waals surface area contributed by atoms with Crippen molar-refractivity contribution >= 4 is 15.6 Å². The monoisotopic (exact) mass is 258 g/mol. The number of Topliss-reactive ketones (excluding diaryl/α,β-unsaturated/α-hetero) is 1. The zero-order valence-corrected chi connectivity index (χ0v) is 10.7. The van der Waals surface area contributed by atoms with Crippen molar-refractivity contribution in [3.63, 3.8) is 0 Å². The van der Waals surface area contributed by atoms with E-state index in [0.717, 1.165) is 6.26 Å². The van der Waals surface area contributed by atoms with Crippen LogP contribution in [-0.2, 0) is 14.6 Å². The van der Waals surface area contributed by atoms with Gasteiger partial charge in [-0.2, -0.15) is 0 Å². The average Bonchev–Trinajstić information content (AvgIpc) is 2.27. The molecule has 0 bridgehead atoms. The number of benzene rings is 1. The van der Waals surface area contributed by atoms with Crippen LogP contribution in [0.3, 0.4) is 0 Å². The predicted octanol–water partition coefficient (Wildman–Crippen LogP) is 0.928. The van der Waals surface area contributed by atoms with E-state index in [1.54, 1.807) is 0 Å². The van der Waals surface area contributed by atoms with Crippen molar-refractivity contribution in [2.45, 2.75) is 4.90 Å². The van der Waals surface area contributed by atoms with Crippen molar-refractivity contribution < 1.29 is 22.7 Å². The van der Waals surface area contributed by atoms with E-state index in [-0.39, 0.29) is 28.6 Å². The van der Waals surface area contributed by atoms with Gasteiger partial charge >= 0.3 is 0 Å². The second-order valence-corrected chi connectivity index (χ2v) is 5.48. The summed E-state index contributed by atoms with van der Waals surface area (Å²) < 4.78 is 32.7. The molecule has 5 nitrogen and oxygen atoms in total. The molecule has 0 atom stereocenters. The van der Waals surface area contributed by atoms with E-state index in [1.165, 1.54) is 32.4 Å². The third-order valence-corrected chi connectivity index (χ3v) is 3.28. The highest BCUT2D eigenvalue weighted by Crippen LogP contribution is 2.24. The molecule has 0 spiro atoms. The Hall–Kier alpha value is -1.40. The summed E-state index contributed by atoms with van der Waals surface area (Å²) in [6.45, 7) is -0.0878. The molecule has 1 aromatic carbocycles. The van der Waals surface area contributed by atoms with Gasteiger partial charge in [-0.15, -0.1) is 0 Å². The minimum atomic E-state index is -3.43. The minimum absolute atomic E-state index is 0.00181. The fourth-order valence-electron chi connectivity index (χ4n) is 1.35. The molecular formula is C11H14O5S. The molecule has 0 aliphatic rings.